The molecule has 1 aromatic rings. The third-order valence-corrected chi connectivity index (χ3v) is 6.12. The molecule has 0 aromatic heterocycles. The van der Waals surface area contributed by atoms with Crippen LogP contribution in [0, 0.1) is 24.6 Å². The van der Waals surface area contributed by atoms with Gasteiger partial charge >= 0.3 is 0 Å². The lowest BCUT2D eigenvalue weighted by Gasteiger charge is -2.23. The zero-order chi connectivity index (χ0) is 13.6. The summed E-state index contributed by atoms with van der Waals surface area (Å²) >= 11 is 0. The van der Waals surface area contributed by atoms with Crippen LogP contribution in [0.3, 0.4) is 0 Å². The first kappa shape index (κ1) is 13.1. The Labute approximate surface area is 113 Å². The van der Waals surface area contributed by atoms with E-state index in [9.17, 15) is 12.8 Å². The molecule has 0 saturated heterocycles. The minimum atomic E-state index is -3.53. The van der Waals surface area contributed by atoms with E-state index in [0.717, 1.165) is 19.3 Å². The van der Waals surface area contributed by atoms with E-state index in [-0.39, 0.29) is 10.9 Å². The Morgan fingerprint density at radius 1 is 1.26 bits per heavy atom. The molecule has 0 amide bonds. The fourth-order valence-electron chi connectivity index (χ4n) is 3.57. The van der Waals surface area contributed by atoms with Crippen molar-refractivity contribution in [1.82, 2.24) is 4.72 Å². The molecule has 2 saturated carbocycles. The van der Waals surface area contributed by atoms with Crippen molar-refractivity contribution in [2.75, 3.05) is 0 Å². The Morgan fingerprint density at radius 3 is 2.63 bits per heavy atom. The number of aryl methyl sites for hydroxylation is 1. The molecule has 3 atom stereocenters. The van der Waals surface area contributed by atoms with Gasteiger partial charge in [-0.25, -0.2) is 17.5 Å². The molecule has 2 aliphatic carbocycles. The molecule has 0 heterocycles. The lowest BCUT2D eigenvalue weighted by Crippen LogP contribution is -2.38. The van der Waals surface area contributed by atoms with Gasteiger partial charge in [0.25, 0.3) is 0 Å². The number of halogens is 1. The highest BCUT2D eigenvalue weighted by Crippen LogP contribution is 2.44. The molecule has 1 aromatic carbocycles. The van der Waals surface area contributed by atoms with E-state index in [2.05, 4.69) is 4.72 Å². The first-order valence-electron chi connectivity index (χ1n) is 6.74. The second-order valence-electron chi connectivity index (χ2n) is 5.81. The normalized spacial score (nSPS) is 29.9. The van der Waals surface area contributed by atoms with Crippen LogP contribution in [-0.4, -0.2) is 14.5 Å². The number of sulfonamides is 1. The Bertz CT molecular complexity index is 599. The van der Waals surface area contributed by atoms with Gasteiger partial charge in [0, 0.05) is 6.04 Å². The minimum absolute atomic E-state index is 0.0632. The first-order valence-corrected chi connectivity index (χ1v) is 8.22. The van der Waals surface area contributed by atoms with Gasteiger partial charge in [-0.1, -0.05) is 6.42 Å². The molecule has 3 rings (SSSR count). The summed E-state index contributed by atoms with van der Waals surface area (Å²) in [6, 6.07) is 3.87. The lowest BCUT2D eigenvalue weighted by atomic mass is 9.96. The van der Waals surface area contributed by atoms with Gasteiger partial charge in [-0.2, -0.15) is 0 Å². The average molecular weight is 283 g/mol. The van der Waals surface area contributed by atoms with Gasteiger partial charge in [0.15, 0.2) is 0 Å². The average Bonchev–Trinajstić information content (AvgIpc) is 2.89. The molecule has 104 valence electrons. The molecule has 3 unspecified atom stereocenters. The second kappa shape index (κ2) is 4.56. The summed E-state index contributed by atoms with van der Waals surface area (Å²) in [5.74, 6) is 0.768. The number of nitrogens with one attached hydrogen (secondary N) is 1. The number of rotatable bonds is 3. The number of benzene rings is 1. The first-order chi connectivity index (χ1) is 8.95. The molecule has 2 fully saturated rings. The zero-order valence-corrected chi connectivity index (χ0v) is 11.7. The largest absolute Gasteiger partial charge is 0.241 e. The molecule has 0 aliphatic heterocycles. The molecule has 0 spiro atoms. The predicted molar refractivity (Wildman–Crippen MR) is 70.7 cm³/mol. The summed E-state index contributed by atoms with van der Waals surface area (Å²) in [7, 11) is -3.53. The SMILES string of the molecule is Cc1cc(F)ccc1S(=O)(=O)NC1CC2CCC1C2. The third-order valence-electron chi connectivity index (χ3n) is 4.47. The summed E-state index contributed by atoms with van der Waals surface area (Å²) < 4.78 is 40.6. The van der Waals surface area contributed by atoms with Crippen molar-refractivity contribution in [3.05, 3.63) is 29.6 Å². The van der Waals surface area contributed by atoms with Crippen LogP contribution in [0.5, 0.6) is 0 Å². The Kier molecular flexibility index (Phi) is 3.14. The van der Waals surface area contributed by atoms with E-state index in [1.165, 1.54) is 24.6 Å². The fourth-order valence-corrected chi connectivity index (χ4v) is 5.11. The summed E-state index contributed by atoms with van der Waals surface area (Å²) in [5.41, 5.74) is 0.454. The molecule has 3 nitrogen and oxygen atoms in total. The van der Waals surface area contributed by atoms with Crippen molar-refractivity contribution in [3.63, 3.8) is 0 Å². The van der Waals surface area contributed by atoms with Crippen LogP contribution in [0.4, 0.5) is 4.39 Å². The molecule has 19 heavy (non-hydrogen) atoms. The van der Waals surface area contributed by atoms with Crippen LogP contribution in [0.1, 0.15) is 31.2 Å². The molecule has 2 aliphatic rings. The summed E-state index contributed by atoms with van der Waals surface area (Å²) in [5, 5.41) is 0. The van der Waals surface area contributed by atoms with Crippen molar-refractivity contribution in [2.45, 2.75) is 43.5 Å². The number of hydrogen-bond acceptors (Lipinski definition) is 2. The fraction of sp³-hybridized carbons (Fsp3) is 0.571. The summed E-state index contributed by atoms with van der Waals surface area (Å²) in [6.07, 6.45) is 4.46. The maximum absolute atomic E-state index is 13.0. The van der Waals surface area contributed by atoms with Crippen molar-refractivity contribution >= 4 is 10.0 Å². The van der Waals surface area contributed by atoms with Crippen LogP contribution in [0.15, 0.2) is 23.1 Å². The maximum Gasteiger partial charge on any atom is 0.241 e. The maximum atomic E-state index is 13.0. The molecular weight excluding hydrogens is 265 g/mol. The molecule has 5 heteroatoms. The summed E-state index contributed by atoms with van der Waals surface area (Å²) in [4.78, 5) is 0.191. The number of hydrogen-bond donors (Lipinski definition) is 1. The van der Waals surface area contributed by atoms with Gasteiger partial charge in [0.2, 0.25) is 10.0 Å². The van der Waals surface area contributed by atoms with Crippen molar-refractivity contribution in [1.29, 1.82) is 0 Å². The van der Waals surface area contributed by atoms with Gasteiger partial charge in [-0.3, -0.25) is 0 Å². The van der Waals surface area contributed by atoms with Crippen LogP contribution in [0.25, 0.3) is 0 Å². The van der Waals surface area contributed by atoms with Crippen LogP contribution in [-0.2, 0) is 10.0 Å². The second-order valence-corrected chi connectivity index (χ2v) is 7.49. The van der Waals surface area contributed by atoms with E-state index >= 15 is 0 Å². The molecule has 2 bridgehead atoms. The topological polar surface area (TPSA) is 46.2 Å². The smallest absolute Gasteiger partial charge is 0.208 e. The van der Waals surface area contributed by atoms with Crippen LogP contribution >= 0.6 is 0 Å². The molecule has 1 N–H and O–H groups in total. The number of fused-ring (bicyclic) bond motifs is 2. The highest BCUT2D eigenvalue weighted by molar-refractivity contribution is 7.89. The van der Waals surface area contributed by atoms with E-state index in [1.54, 1.807) is 6.92 Å². The molecular formula is C14H18FNO2S. The van der Waals surface area contributed by atoms with Crippen LogP contribution in [0.2, 0.25) is 0 Å². The third kappa shape index (κ3) is 2.41. The van der Waals surface area contributed by atoms with Gasteiger partial charge in [0.05, 0.1) is 4.90 Å². The highest BCUT2D eigenvalue weighted by atomic mass is 32.2. The van der Waals surface area contributed by atoms with Gasteiger partial charge in [-0.15, -0.1) is 0 Å². The quantitative estimate of drug-likeness (QED) is 0.927. The van der Waals surface area contributed by atoms with Crippen molar-refractivity contribution < 1.29 is 12.8 Å². The predicted octanol–water partition coefficient (Wildman–Crippen LogP) is 2.60. The Hall–Kier alpha value is -0.940. The zero-order valence-electron chi connectivity index (χ0n) is 10.9. The van der Waals surface area contributed by atoms with Crippen molar-refractivity contribution in [2.24, 2.45) is 11.8 Å². The van der Waals surface area contributed by atoms with Gasteiger partial charge in [-0.05, 0) is 61.8 Å². The Balaban J connectivity index is 1.83. The standard InChI is InChI=1S/C14H18FNO2S/c1-9-6-12(15)4-5-14(9)19(17,18)16-13-8-10-2-3-11(13)7-10/h4-6,10-11,13,16H,2-3,7-8H2,1H3. The minimum Gasteiger partial charge on any atom is -0.208 e. The van der Waals surface area contributed by atoms with E-state index in [1.807, 2.05) is 0 Å². The van der Waals surface area contributed by atoms with Gasteiger partial charge < -0.3 is 0 Å². The van der Waals surface area contributed by atoms with Crippen molar-refractivity contribution in [3.8, 4) is 0 Å². The monoisotopic (exact) mass is 283 g/mol. The van der Waals surface area contributed by atoms with E-state index in [0.29, 0.717) is 17.4 Å². The lowest BCUT2D eigenvalue weighted by molar-refractivity contribution is 0.390. The summed E-state index contributed by atoms with van der Waals surface area (Å²) in [6.45, 7) is 1.62. The highest BCUT2D eigenvalue weighted by Gasteiger charge is 2.41. The Morgan fingerprint density at radius 2 is 2.05 bits per heavy atom. The van der Waals surface area contributed by atoms with E-state index in [4.69, 9.17) is 0 Å². The molecule has 0 radical (unpaired) electrons. The van der Waals surface area contributed by atoms with E-state index < -0.39 is 15.8 Å². The van der Waals surface area contributed by atoms with Gasteiger partial charge in [0.1, 0.15) is 5.82 Å². The van der Waals surface area contributed by atoms with Crippen LogP contribution < -0.4 is 4.72 Å².